The number of aromatic nitrogens is 1. The third-order valence-corrected chi connectivity index (χ3v) is 3.10. The lowest BCUT2D eigenvalue weighted by atomic mass is 10.0. The average molecular weight is 263 g/mol. The molecule has 0 amide bonds. The molecule has 3 heteroatoms. The van der Waals surface area contributed by atoms with E-state index >= 15 is 0 Å². The van der Waals surface area contributed by atoms with E-state index in [1.165, 1.54) is 5.56 Å². The zero-order valence-electron chi connectivity index (χ0n) is 11.3. The van der Waals surface area contributed by atoms with Crippen molar-refractivity contribution < 1.29 is 0 Å². The molecule has 1 N–H and O–H groups in total. The van der Waals surface area contributed by atoms with E-state index in [0.717, 1.165) is 12.8 Å². The number of rotatable bonds is 6. The fourth-order valence-electron chi connectivity index (χ4n) is 2.07. The number of hydrogen-bond donors (Lipinski definition) is 1. The molecule has 0 aliphatic heterocycles. The fourth-order valence-corrected chi connectivity index (χ4v) is 2.07. The summed E-state index contributed by atoms with van der Waals surface area (Å²) in [6.07, 6.45) is 5.41. The van der Waals surface area contributed by atoms with Gasteiger partial charge in [-0.15, -0.1) is 6.58 Å². The number of nitrogens with one attached hydrogen (secondary N) is 1. The quantitative estimate of drug-likeness (QED) is 0.799. The van der Waals surface area contributed by atoms with E-state index in [1.807, 2.05) is 24.3 Å². The topological polar surface area (TPSA) is 48.7 Å². The molecule has 2 rings (SSSR count). The molecule has 0 saturated heterocycles. The van der Waals surface area contributed by atoms with Crippen molar-refractivity contribution in [1.29, 1.82) is 5.26 Å². The number of allylic oxidation sites excluding steroid dienone is 1. The van der Waals surface area contributed by atoms with E-state index < -0.39 is 0 Å². The highest BCUT2D eigenvalue weighted by atomic mass is 15.0. The van der Waals surface area contributed by atoms with Crippen LogP contribution in [0.4, 0.5) is 5.82 Å². The molecule has 0 radical (unpaired) electrons. The Morgan fingerprint density at radius 1 is 1.25 bits per heavy atom. The van der Waals surface area contributed by atoms with Gasteiger partial charge in [0.25, 0.3) is 0 Å². The van der Waals surface area contributed by atoms with Crippen molar-refractivity contribution >= 4 is 5.82 Å². The Bertz CT molecular complexity index is 599. The van der Waals surface area contributed by atoms with Crippen LogP contribution in [0.1, 0.15) is 30.0 Å². The van der Waals surface area contributed by atoms with E-state index in [0.29, 0.717) is 11.4 Å². The zero-order chi connectivity index (χ0) is 14.2. The van der Waals surface area contributed by atoms with Gasteiger partial charge in [-0.25, -0.2) is 4.98 Å². The number of benzene rings is 1. The Morgan fingerprint density at radius 3 is 2.75 bits per heavy atom. The molecule has 1 unspecified atom stereocenters. The molecule has 1 heterocycles. The van der Waals surface area contributed by atoms with Crippen molar-refractivity contribution in [3.8, 4) is 6.07 Å². The van der Waals surface area contributed by atoms with Gasteiger partial charge >= 0.3 is 0 Å². The third-order valence-electron chi connectivity index (χ3n) is 3.10. The normalized spacial score (nSPS) is 11.3. The summed E-state index contributed by atoms with van der Waals surface area (Å²) in [5, 5.41) is 12.5. The summed E-state index contributed by atoms with van der Waals surface area (Å²) < 4.78 is 0. The van der Waals surface area contributed by atoms with Crippen molar-refractivity contribution in [2.24, 2.45) is 0 Å². The highest BCUT2D eigenvalue weighted by Gasteiger charge is 2.12. The molecule has 0 spiro atoms. The molecular weight excluding hydrogens is 246 g/mol. The molecule has 1 aromatic heterocycles. The van der Waals surface area contributed by atoms with E-state index in [9.17, 15) is 0 Å². The predicted octanol–water partition coefficient (Wildman–Crippen LogP) is 4.07. The summed E-state index contributed by atoms with van der Waals surface area (Å²) in [5.41, 5.74) is 1.75. The number of nitrogens with zero attached hydrogens (tertiary/aromatic N) is 2. The average Bonchev–Trinajstić information content (AvgIpc) is 2.52. The minimum atomic E-state index is 0.121. The molecule has 0 saturated carbocycles. The molecule has 3 nitrogen and oxygen atoms in total. The molecule has 2 aromatic rings. The minimum Gasteiger partial charge on any atom is -0.362 e. The first kappa shape index (κ1) is 13.8. The first-order valence-electron chi connectivity index (χ1n) is 6.62. The molecule has 0 fully saturated rings. The second-order valence-corrected chi connectivity index (χ2v) is 4.49. The number of nitriles is 1. The molecule has 1 atom stereocenters. The summed E-state index contributed by atoms with van der Waals surface area (Å²) in [6.45, 7) is 3.77. The number of hydrogen-bond acceptors (Lipinski definition) is 3. The molecule has 20 heavy (non-hydrogen) atoms. The van der Waals surface area contributed by atoms with Gasteiger partial charge in [0.1, 0.15) is 11.9 Å². The predicted molar refractivity (Wildman–Crippen MR) is 81.2 cm³/mol. The van der Waals surface area contributed by atoms with Crippen LogP contribution < -0.4 is 5.32 Å². The lowest BCUT2D eigenvalue weighted by Gasteiger charge is -2.19. The lowest BCUT2D eigenvalue weighted by molar-refractivity contribution is 0.701. The van der Waals surface area contributed by atoms with E-state index in [1.54, 1.807) is 18.3 Å². The Labute approximate surface area is 119 Å². The van der Waals surface area contributed by atoms with Crippen molar-refractivity contribution in [2.75, 3.05) is 5.32 Å². The third kappa shape index (κ3) is 3.46. The van der Waals surface area contributed by atoms with Gasteiger partial charge in [-0.05, 0) is 30.5 Å². The van der Waals surface area contributed by atoms with Crippen LogP contribution in [0, 0.1) is 11.3 Å². The number of pyridine rings is 1. The summed E-state index contributed by atoms with van der Waals surface area (Å²) in [5.74, 6) is 0.632. The van der Waals surface area contributed by atoms with Crippen LogP contribution in [0.5, 0.6) is 0 Å². The van der Waals surface area contributed by atoms with Crippen LogP contribution in [-0.4, -0.2) is 4.98 Å². The van der Waals surface area contributed by atoms with Gasteiger partial charge in [0.15, 0.2) is 0 Å². The lowest BCUT2D eigenvalue weighted by Crippen LogP contribution is -2.12. The largest absolute Gasteiger partial charge is 0.362 e. The summed E-state index contributed by atoms with van der Waals surface area (Å²) in [6, 6.07) is 16.0. The standard InChI is InChI=1S/C17H17N3/c1-2-3-11-16(14-8-5-4-6-9-14)20-17-15(13-18)10-7-12-19-17/h2,4-10,12,16H,1,3,11H2,(H,19,20). The van der Waals surface area contributed by atoms with E-state index in [4.69, 9.17) is 5.26 Å². The van der Waals surface area contributed by atoms with Crippen LogP contribution >= 0.6 is 0 Å². The smallest absolute Gasteiger partial charge is 0.144 e. The van der Waals surface area contributed by atoms with Gasteiger partial charge in [-0.1, -0.05) is 36.4 Å². The highest BCUT2D eigenvalue weighted by Crippen LogP contribution is 2.24. The number of anilines is 1. The van der Waals surface area contributed by atoms with Crippen LogP contribution in [-0.2, 0) is 0 Å². The zero-order valence-corrected chi connectivity index (χ0v) is 11.3. The molecule has 100 valence electrons. The summed E-state index contributed by atoms with van der Waals surface area (Å²) in [4.78, 5) is 4.26. The summed E-state index contributed by atoms with van der Waals surface area (Å²) >= 11 is 0. The second kappa shape index (κ2) is 7.10. The highest BCUT2D eigenvalue weighted by molar-refractivity contribution is 5.52. The van der Waals surface area contributed by atoms with Crippen molar-refractivity contribution in [3.05, 3.63) is 72.4 Å². The van der Waals surface area contributed by atoms with E-state index in [2.05, 4.69) is 35.1 Å². The maximum Gasteiger partial charge on any atom is 0.144 e. The van der Waals surface area contributed by atoms with Crippen molar-refractivity contribution in [1.82, 2.24) is 4.98 Å². The second-order valence-electron chi connectivity index (χ2n) is 4.49. The van der Waals surface area contributed by atoms with Gasteiger partial charge in [0, 0.05) is 6.20 Å². The van der Waals surface area contributed by atoms with Crippen molar-refractivity contribution in [2.45, 2.75) is 18.9 Å². The van der Waals surface area contributed by atoms with Gasteiger partial charge in [-0.2, -0.15) is 5.26 Å². The summed E-state index contributed by atoms with van der Waals surface area (Å²) in [7, 11) is 0. The van der Waals surface area contributed by atoms with Gasteiger partial charge in [0.05, 0.1) is 11.6 Å². The Hall–Kier alpha value is -2.60. The Morgan fingerprint density at radius 2 is 2.05 bits per heavy atom. The first-order chi connectivity index (χ1) is 9.85. The van der Waals surface area contributed by atoms with Crippen molar-refractivity contribution in [3.63, 3.8) is 0 Å². The molecule has 1 aromatic carbocycles. The molecule has 0 bridgehead atoms. The van der Waals surface area contributed by atoms with Crippen LogP contribution in [0.3, 0.4) is 0 Å². The van der Waals surface area contributed by atoms with Gasteiger partial charge < -0.3 is 5.32 Å². The van der Waals surface area contributed by atoms with Crippen LogP contribution in [0.25, 0.3) is 0 Å². The maximum atomic E-state index is 9.13. The van der Waals surface area contributed by atoms with Gasteiger partial charge in [0.2, 0.25) is 0 Å². The Balaban J connectivity index is 2.24. The van der Waals surface area contributed by atoms with Gasteiger partial charge in [-0.3, -0.25) is 0 Å². The van der Waals surface area contributed by atoms with Crippen LogP contribution in [0.2, 0.25) is 0 Å². The molecule has 0 aliphatic carbocycles. The molecular formula is C17H17N3. The maximum absolute atomic E-state index is 9.13. The Kier molecular flexibility index (Phi) is 4.91. The monoisotopic (exact) mass is 263 g/mol. The minimum absolute atomic E-state index is 0.121. The SMILES string of the molecule is C=CCCC(Nc1ncccc1C#N)c1ccccc1. The molecule has 0 aliphatic rings. The first-order valence-corrected chi connectivity index (χ1v) is 6.62. The van der Waals surface area contributed by atoms with E-state index in [-0.39, 0.29) is 6.04 Å². The fraction of sp³-hybridized carbons (Fsp3) is 0.176. The van der Waals surface area contributed by atoms with Crippen LogP contribution in [0.15, 0.2) is 61.3 Å².